The zero-order valence-electron chi connectivity index (χ0n) is 9.51. The molecule has 0 saturated heterocycles. The zero-order chi connectivity index (χ0) is 11.7. The molecule has 5 nitrogen and oxygen atoms in total. The summed E-state index contributed by atoms with van der Waals surface area (Å²) in [5, 5.41) is 5.16. The first-order chi connectivity index (χ1) is 7.11. The van der Waals surface area contributed by atoms with Crippen LogP contribution in [0.5, 0.6) is 0 Å². The topological polar surface area (TPSA) is 84.2 Å². The van der Waals surface area contributed by atoms with Crippen molar-refractivity contribution in [3.05, 3.63) is 0 Å². The van der Waals surface area contributed by atoms with Gasteiger partial charge in [0.05, 0.1) is 12.6 Å². The second-order valence-corrected chi connectivity index (χ2v) is 3.46. The predicted molar refractivity (Wildman–Crippen MR) is 59.2 cm³/mol. The van der Waals surface area contributed by atoms with Crippen LogP contribution in [-0.2, 0) is 9.59 Å². The molecular weight excluding hydrogens is 194 g/mol. The van der Waals surface area contributed by atoms with E-state index in [1.807, 2.05) is 13.8 Å². The first kappa shape index (κ1) is 13.9. The minimum Gasteiger partial charge on any atom is -0.355 e. The molecule has 1 atom stereocenters. The Labute approximate surface area is 90.8 Å². The second kappa shape index (κ2) is 8.23. The van der Waals surface area contributed by atoms with E-state index in [1.54, 1.807) is 0 Å². The van der Waals surface area contributed by atoms with Crippen molar-refractivity contribution >= 4 is 11.8 Å². The molecule has 15 heavy (non-hydrogen) atoms. The third kappa shape index (κ3) is 6.90. The van der Waals surface area contributed by atoms with Crippen LogP contribution in [-0.4, -0.2) is 30.9 Å². The maximum absolute atomic E-state index is 11.3. The monoisotopic (exact) mass is 215 g/mol. The number of nitrogens with two attached hydrogens (primary N) is 1. The smallest absolute Gasteiger partial charge is 0.239 e. The molecule has 0 fully saturated rings. The van der Waals surface area contributed by atoms with Crippen molar-refractivity contribution in [2.45, 2.75) is 39.2 Å². The number of carbonyl (C=O) groups is 2. The van der Waals surface area contributed by atoms with Crippen LogP contribution in [0.2, 0.25) is 0 Å². The molecule has 5 heteroatoms. The first-order valence-electron chi connectivity index (χ1n) is 5.41. The highest BCUT2D eigenvalue weighted by atomic mass is 16.2. The number of amides is 2. The fraction of sp³-hybridized carbons (Fsp3) is 0.800. The Hall–Kier alpha value is -1.10. The molecule has 0 bridgehead atoms. The van der Waals surface area contributed by atoms with Crippen LogP contribution in [0.4, 0.5) is 0 Å². The van der Waals surface area contributed by atoms with Crippen molar-refractivity contribution < 1.29 is 9.59 Å². The Balaban J connectivity index is 3.65. The van der Waals surface area contributed by atoms with Crippen LogP contribution in [0.1, 0.15) is 33.1 Å². The third-order valence-corrected chi connectivity index (χ3v) is 1.93. The summed E-state index contributed by atoms with van der Waals surface area (Å²) in [5.74, 6) is -0.433. The molecule has 0 rings (SSSR count). The van der Waals surface area contributed by atoms with Crippen molar-refractivity contribution in [1.29, 1.82) is 0 Å². The predicted octanol–water partition coefficient (Wildman–Crippen LogP) is -0.244. The van der Waals surface area contributed by atoms with E-state index in [0.29, 0.717) is 13.0 Å². The Kier molecular flexibility index (Phi) is 7.62. The van der Waals surface area contributed by atoms with E-state index in [9.17, 15) is 9.59 Å². The van der Waals surface area contributed by atoms with Crippen LogP contribution in [0.25, 0.3) is 0 Å². The van der Waals surface area contributed by atoms with Gasteiger partial charge in [-0.05, 0) is 12.8 Å². The summed E-state index contributed by atoms with van der Waals surface area (Å²) in [6, 6.07) is -0.506. The van der Waals surface area contributed by atoms with Gasteiger partial charge in [0, 0.05) is 6.54 Å². The van der Waals surface area contributed by atoms with E-state index in [0.717, 1.165) is 12.8 Å². The molecule has 0 radical (unpaired) electrons. The van der Waals surface area contributed by atoms with Crippen molar-refractivity contribution in [1.82, 2.24) is 10.6 Å². The summed E-state index contributed by atoms with van der Waals surface area (Å²) >= 11 is 0. The lowest BCUT2D eigenvalue weighted by Gasteiger charge is -2.10. The second-order valence-electron chi connectivity index (χ2n) is 3.46. The van der Waals surface area contributed by atoms with Crippen molar-refractivity contribution in [2.75, 3.05) is 13.1 Å². The molecule has 4 N–H and O–H groups in total. The fourth-order valence-electron chi connectivity index (χ4n) is 1.07. The van der Waals surface area contributed by atoms with Crippen LogP contribution in [0.15, 0.2) is 0 Å². The maximum atomic E-state index is 11.3. The number of carbonyl (C=O) groups excluding carboxylic acids is 2. The molecule has 0 aromatic carbocycles. The van der Waals surface area contributed by atoms with E-state index in [2.05, 4.69) is 10.6 Å². The van der Waals surface area contributed by atoms with Gasteiger partial charge in [0.15, 0.2) is 0 Å². The molecule has 0 saturated carbocycles. The van der Waals surface area contributed by atoms with Crippen LogP contribution < -0.4 is 16.4 Å². The molecule has 0 unspecified atom stereocenters. The highest BCUT2D eigenvalue weighted by Gasteiger charge is 2.12. The lowest BCUT2D eigenvalue weighted by Crippen LogP contribution is -2.44. The Bertz CT molecular complexity index is 207. The van der Waals surface area contributed by atoms with Gasteiger partial charge in [-0.1, -0.05) is 20.3 Å². The van der Waals surface area contributed by atoms with Crippen molar-refractivity contribution in [2.24, 2.45) is 5.73 Å². The average molecular weight is 215 g/mol. The highest BCUT2D eigenvalue weighted by Crippen LogP contribution is 1.92. The van der Waals surface area contributed by atoms with E-state index < -0.39 is 6.04 Å². The number of rotatable bonds is 7. The number of nitrogens with one attached hydrogen (secondary N) is 2. The van der Waals surface area contributed by atoms with Gasteiger partial charge in [-0.2, -0.15) is 0 Å². The summed E-state index contributed by atoms with van der Waals surface area (Å²) in [6.45, 7) is 4.57. The molecule has 0 aliphatic carbocycles. The lowest BCUT2D eigenvalue weighted by molar-refractivity contribution is -0.126. The van der Waals surface area contributed by atoms with Gasteiger partial charge in [0.1, 0.15) is 0 Å². The van der Waals surface area contributed by atoms with Gasteiger partial charge in [0.25, 0.3) is 0 Å². The van der Waals surface area contributed by atoms with E-state index in [-0.39, 0.29) is 18.4 Å². The van der Waals surface area contributed by atoms with Gasteiger partial charge in [-0.15, -0.1) is 0 Å². The molecule has 0 aromatic heterocycles. The molecule has 0 spiro atoms. The highest BCUT2D eigenvalue weighted by molar-refractivity contribution is 5.87. The Morgan fingerprint density at radius 2 is 1.87 bits per heavy atom. The van der Waals surface area contributed by atoms with Crippen LogP contribution in [0, 0.1) is 0 Å². The molecular formula is C10H21N3O2. The quantitative estimate of drug-likeness (QED) is 0.548. The molecule has 0 heterocycles. The van der Waals surface area contributed by atoms with Gasteiger partial charge in [-0.25, -0.2) is 0 Å². The van der Waals surface area contributed by atoms with Gasteiger partial charge in [-0.3, -0.25) is 9.59 Å². The maximum Gasteiger partial charge on any atom is 0.239 e. The fourth-order valence-corrected chi connectivity index (χ4v) is 1.07. The summed E-state index contributed by atoms with van der Waals surface area (Å²) in [4.78, 5) is 22.4. The SMILES string of the molecule is CCCNC(=O)CNC(=O)[C@H](N)CCC. The molecule has 0 aliphatic heterocycles. The van der Waals surface area contributed by atoms with Crippen LogP contribution in [0.3, 0.4) is 0 Å². The molecule has 88 valence electrons. The minimum atomic E-state index is -0.506. The molecule has 2 amide bonds. The largest absolute Gasteiger partial charge is 0.355 e. The number of hydrogen-bond donors (Lipinski definition) is 3. The first-order valence-corrected chi connectivity index (χ1v) is 5.41. The zero-order valence-corrected chi connectivity index (χ0v) is 9.51. The van der Waals surface area contributed by atoms with Gasteiger partial charge >= 0.3 is 0 Å². The van der Waals surface area contributed by atoms with Crippen molar-refractivity contribution in [3.8, 4) is 0 Å². The number of hydrogen-bond acceptors (Lipinski definition) is 3. The van der Waals surface area contributed by atoms with E-state index in [4.69, 9.17) is 5.73 Å². The summed E-state index contributed by atoms with van der Waals surface area (Å²) in [6.07, 6.45) is 2.38. The lowest BCUT2D eigenvalue weighted by atomic mass is 10.2. The van der Waals surface area contributed by atoms with Crippen LogP contribution >= 0.6 is 0 Å². The Morgan fingerprint density at radius 3 is 2.40 bits per heavy atom. The molecule has 0 aliphatic rings. The Morgan fingerprint density at radius 1 is 1.20 bits per heavy atom. The average Bonchev–Trinajstić information content (AvgIpc) is 2.23. The van der Waals surface area contributed by atoms with E-state index in [1.165, 1.54) is 0 Å². The minimum absolute atomic E-state index is 0.0102. The van der Waals surface area contributed by atoms with E-state index >= 15 is 0 Å². The van der Waals surface area contributed by atoms with Gasteiger partial charge < -0.3 is 16.4 Å². The normalized spacial score (nSPS) is 11.9. The summed E-state index contributed by atoms with van der Waals surface area (Å²) in [5.41, 5.74) is 5.57. The summed E-state index contributed by atoms with van der Waals surface area (Å²) < 4.78 is 0. The van der Waals surface area contributed by atoms with Crippen molar-refractivity contribution in [3.63, 3.8) is 0 Å². The van der Waals surface area contributed by atoms with Gasteiger partial charge in [0.2, 0.25) is 11.8 Å². The third-order valence-electron chi connectivity index (χ3n) is 1.93. The summed E-state index contributed by atoms with van der Waals surface area (Å²) in [7, 11) is 0. The molecule has 0 aromatic rings. The standard InChI is InChI=1S/C10H21N3O2/c1-3-5-8(11)10(15)13-7-9(14)12-6-4-2/h8H,3-7,11H2,1-2H3,(H,12,14)(H,13,15)/t8-/m1/s1.